The first kappa shape index (κ1) is 12.8. The summed E-state index contributed by atoms with van der Waals surface area (Å²) in [6.07, 6.45) is 0. The third kappa shape index (κ3) is 2.40. The van der Waals surface area contributed by atoms with E-state index in [-0.39, 0.29) is 11.8 Å². The first-order valence-electron chi connectivity index (χ1n) is 5.98. The Hall–Kier alpha value is -2.25. The van der Waals surface area contributed by atoms with Gasteiger partial charge in [-0.25, -0.2) is 4.98 Å². The molecule has 0 aliphatic rings. The lowest BCUT2D eigenvalue weighted by atomic mass is 10.2. The van der Waals surface area contributed by atoms with E-state index in [4.69, 9.17) is 10.3 Å². The minimum absolute atomic E-state index is 0.117. The Balaban J connectivity index is 1.91. The molecule has 0 radical (unpaired) electrons. The number of nitrogens with zero attached hydrogens (tertiary/aromatic N) is 3. The molecule has 0 saturated heterocycles. The molecule has 102 valence electrons. The summed E-state index contributed by atoms with van der Waals surface area (Å²) in [5, 5.41) is 15.8. The number of hydrogen-bond donors (Lipinski definition) is 2. The maximum atomic E-state index is 9.26. The predicted molar refractivity (Wildman–Crippen MR) is 75.1 cm³/mol. The van der Waals surface area contributed by atoms with E-state index in [1.165, 1.54) is 11.3 Å². The summed E-state index contributed by atoms with van der Waals surface area (Å²) in [4.78, 5) is 8.66. The van der Waals surface area contributed by atoms with Crippen LogP contribution in [0.5, 0.6) is 5.75 Å². The highest BCUT2D eigenvalue weighted by Gasteiger charge is 2.15. The van der Waals surface area contributed by atoms with Crippen molar-refractivity contribution in [2.45, 2.75) is 13.0 Å². The van der Waals surface area contributed by atoms with Crippen LogP contribution in [0.25, 0.3) is 23.0 Å². The molecule has 1 unspecified atom stereocenters. The van der Waals surface area contributed by atoms with Crippen molar-refractivity contribution in [2.24, 2.45) is 5.73 Å². The van der Waals surface area contributed by atoms with E-state index in [1.54, 1.807) is 24.3 Å². The SMILES string of the molecule is CC(N)c1nc(-c2nc(-c3ccc(O)cc3)no2)cs1. The van der Waals surface area contributed by atoms with Crippen molar-refractivity contribution in [3.05, 3.63) is 34.7 Å². The molecule has 3 N–H and O–H groups in total. The normalized spacial score (nSPS) is 12.5. The summed E-state index contributed by atoms with van der Waals surface area (Å²) in [5.41, 5.74) is 7.16. The third-order valence-corrected chi connectivity index (χ3v) is 3.73. The number of aromatic nitrogens is 3. The number of thiazole rings is 1. The number of rotatable bonds is 3. The lowest BCUT2D eigenvalue weighted by Gasteiger charge is -1.95. The largest absolute Gasteiger partial charge is 0.508 e. The molecule has 0 spiro atoms. The standard InChI is InChI=1S/C13H12N4O2S/c1-7(14)13-15-10(6-20-13)12-16-11(17-19-12)8-2-4-9(18)5-3-8/h2-7,18H,14H2,1H3. The number of aromatic hydroxyl groups is 1. The van der Waals surface area contributed by atoms with Gasteiger partial charge in [-0.05, 0) is 31.2 Å². The second-order valence-electron chi connectivity index (χ2n) is 4.33. The van der Waals surface area contributed by atoms with Gasteiger partial charge in [-0.15, -0.1) is 11.3 Å². The van der Waals surface area contributed by atoms with Crippen molar-refractivity contribution in [1.29, 1.82) is 0 Å². The molecule has 7 heteroatoms. The van der Waals surface area contributed by atoms with Crippen LogP contribution in [0.2, 0.25) is 0 Å². The fraction of sp³-hybridized carbons (Fsp3) is 0.154. The average Bonchev–Trinajstić information content (AvgIpc) is 3.08. The minimum atomic E-state index is -0.117. The maximum Gasteiger partial charge on any atom is 0.277 e. The Kier molecular flexibility index (Phi) is 3.21. The molecule has 6 nitrogen and oxygen atoms in total. The molecule has 0 bridgehead atoms. The molecule has 0 fully saturated rings. The van der Waals surface area contributed by atoms with E-state index in [0.29, 0.717) is 17.4 Å². The van der Waals surface area contributed by atoms with Crippen LogP contribution in [0, 0.1) is 0 Å². The van der Waals surface area contributed by atoms with Crippen LogP contribution in [0.4, 0.5) is 0 Å². The minimum Gasteiger partial charge on any atom is -0.508 e. The lowest BCUT2D eigenvalue weighted by Crippen LogP contribution is -2.03. The zero-order valence-corrected chi connectivity index (χ0v) is 11.5. The Morgan fingerprint density at radius 2 is 2.00 bits per heavy atom. The van der Waals surface area contributed by atoms with Gasteiger partial charge in [0, 0.05) is 10.9 Å². The van der Waals surface area contributed by atoms with E-state index in [1.807, 2.05) is 12.3 Å². The van der Waals surface area contributed by atoms with Crippen LogP contribution >= 0.6 is 11.3 Å². The van der Waals surface area contributed by atoms with Gasteiger partial charge in [0.2, 0.25) is 5.82 Å². The summed E-state index contributed by atoms with van der Waals surface area (Å²) >= 11 is 1.46. The second-order valence-corrected chi connectivity index (χ2v) is 5.22. The molecule has 2 aromatic heterocycles. The first-order valence-corrected chi connectivity index (χ1v) is 6.86. The van der Waals surface area contributed by atoms with Gasteiger partial charge >= 0.3 is 0 Å². The quantitative estimate of drug-likeness (QED) is 0.768. The number of benzene rings is 1. The zero-order valence-electron chi connectivity index (χ0n) is 10.6. The van der Waals surface area contributed by atoms with E-state index in [0.717, 1.165) is 10.6 Å². The molecular weight excluding hydrogens is 276 g/mol. The molecule has 3 aromatic rings. The summed E-state index contributed by atoms with van der Waals surface area (Å²) in [6.45, 7) is 1.87. The van der Waals surface area contributed by atoms with Gasteiger partial charge in [0.15, 0.2) is 0 Å². The molecular formula is C13H12N4O2S. The second kappa shape index (κ2) is 5.03. The van der Waals surface area contributed by atoms with Crippen LogP contribution in [0.15, 0.2) is 34.2 Å². The number of phenolic OH excluding ortho intramolecular Hbond substituents is 1. The highest BCUT2D eigenvalue weighted by molar-refractivity contribution is 7.10. The molecule has 1 aromatic carbocycles. The maximum absolute atomic E-state index is 9.26. The van der Waals surface area contributed by atoms with E-state index >= 15 is 0 Å². The van der Waals surface area contributed by atoms with E-state index < -0.39 is 0 Å². The highest BCUT2D eigenvalue weighted by atomic mass is 32.1. The van der Waals surface area contributed by atoms with Gasteiger partial charge in [0.05, 0.1) is 6.04 Å². The first-order chi connectivity index (χ1) is 9.63. The average molecular weight is 288 g/mol. The monoisotopic (exact) mass is 288 g/mol. The van der Waals surface area contributed by atoms with E-state index in [2.05, 4.69) is 15.1 Å². The molecule has 0 saturated carbocycles. The van der Waals surface area contributed by atoms with Crippen LogP contribution < -0.4 is 5.73 Å². The van der Waals surface area contributed by atoms with Crippen molar-refractivity contribution < 1.29 is 9.63 Å². The molecule has 0 aliphatic heterocycles. The van der Waals surface area contributed by atoms with Crippen molar-refractivity contribution in [2.75, 3.05) is 0 Å². The smallest absolute Gasteiger partial charge is 0.277 e. The highest BCUT2D eigenvalue weighted by Crippen LogP contribution is 2.26. The van der Waals surface area contributed by atoms with Crippen molar-refractivity contribution in [3.8, 4) is 28.7 Å². The summed E-state index contributed by atoms with van der Waals surface area (Å²) < 4.78 is 5.21. The van der Waals surface area contributed by atoms with Crippen LogP contribution in [0.1, 0.15) is 18.0 Å². The van der Waals surface area contributed by atoms with Gasteiger partial charge in [-0.2, -0.15) is 4.98 Å². The lowest BCUT2D eigenvalue weighted by molar-refractivity contribution is 0.431. The van der Waals surface area contributed by atoms with Gasteiger partial charge < -0.3 is 15.4 Å². The van der Waals surface area contributed by atoms with Gasteiger partial charge in [0.1, 0.15) is 16.5 Å². The van der Waals surface area contributed by atoms with E-state index in [9.17, 15) is 5.11 Å². The molecule has 0 aliphatic carbocycles. The Bertz CT molecular complexity index is 718. The number of phenols is 1. The predicted octanol–water partition coefficient (Wildman–Crippen LogP) is 2.59. The molecule has 0 amide bonds. The van der Waals surface area contributed by atoms with Crippen LogP contribution in [-0.2, 0) is 0 Å². The van der Waals surface area contributed by atoms with Gasteiger partial charge in [-0.3, -0.25) is 0 Å². The molecule has 2 heterocycles. The Morgan fingerprint density at radius 3 is 2.65 bits per heavy atom. The van der Waals surface area contributed by atoms with Crippen molar-refractivity contribution in [1.82, 2.24) is 15.1 Å². The summed E-state index contributed by atoms with van der Waals surface area (Å²) in [6, 6.07) is 6.47. The summed E-state index contributed by atoms with van der Waals surface area (Å²) in [7, 11) is 0. The third-order valence-electron chi connectivity index (χ3n) is 2.68. The summed E-state index contributed by atoms with van der Waals surface area (Å²) in [5.74, 6) is 1.00. The van der Waals surface area contributed by atoms with Crippen LogP contribution in [0.3, 0.4) is 0 Å². The Morgan fingerprint density at radius 1 is 1.25 bits per heavy atom. The van der Waals surface area contributed by atoms with Crippen molar-refractivity contribution in [3.63, 3.8) is 0 Å². The Labute approximate surface area is 118 Å². The molecule has 3 rings (SSSR count). The topological polar surface area (TPSA) is 98.1 Å². The number of hydrogen-bond acceptors (Lipinski definition) is 7. The van der Waals surface area contributed by atoms with Crippen LogP contribution in [-0.4, -0.2) is 20.2 Å². The fourth-order valence-electron chi connectivity index (χ4n) is 1.65. The van der Waals surface area contributed by atoms with Gasteiger partial charge in [-0.1, -0.05) is 5.16 Å². The van der Waals surface area contributed by atoms with Crippen molar-refractivity contribution >= 4 is 11.3 Å². The zero-order chi connectivity index (χ0) is 14.1. The fourth-order valence-corrected chi connectivity index (χ4v) is 2.40. The number of nitrogens with two attached hydrogens (primary N) is 1. The van der Waals surface area contributed by atoms with Gasteiger partial charge in [0.25, 0.3) is 5.89 Å². The molecule has 20 heavy (non-hydrogen) atoms. The molecule has 1 atom stereocenters.